The molecule has 144 valence electrons. The fourth-order valence-corrected chi connectivity index (χ4v) is 3.42. The molecule has 1 fully saturated rings. The van der Waals surface area contributed by atoms with E-state index in [9.17, 15) is 9.59 Å². The Balaban J connectivity index is 1.68. The molecule has 0 unspecified atom stereocenters. The number of amides is 3. The average Bonchev–Trinajstić information content (AvgIpc) is 2.68. The highest BCUT2D eigenvalue weighted by Crippen LogP contribution is 2.25. The standard InChI is InChI=1S/C20H26N4O3/c1-14-8-9-16(19(25)22-11-12-27-2)13-24(14)20(26)23-17-7-3-5-15-6-4-10-21-18(15)17/h3-7,10,14,16H,8-9,11-13H2,1-2H3,(H,22,25)(H,23,26)/t14-,16-/m1/s1. The van der Waals surface area contributed by atoms with E-state index in [2.05, 4.69) is 15.6 Å². The van der Waals surface area contributed by atoms with Gasteiger partial charge in [-0.2, -0.15) is 0 Å². The minimum absolute atomic E-state index is 0.0245. The second kappa shape index (κ2) is 8.81. The molecule has 3 rings (SSSR count). The Labute approximate surface area is 159 Å². The second-order valence-corrected chi connectivity index (χ2v) is 6.87. The van der Waals surface area contributed by atoms with Crippen molar-refractivity contribution >= 4 is 28.5 Å². The molecule has 2 heterocycles. The molecule has 0 spiro atoms. The van der Waals surface area contributed by atoms with Crippen LogP contribution in [0.15, 0.2) is 36.5 Å². The van der Waals surface area contributed by atoms with Gasteiger partial charge in [0.15, 0.2) is 0 Å². The van der Waals surface area contributed by atoms with Crippen molar-refractivity contribution in [3.8, 4) is 0 Å². The minimum Gasteiger partial charge on any atom is -0.383 e. The average molecular weight is 370 g/mol. The lowest BCUT2D eigenvalue weighted by atomic mass is 9.93. The first-order chi connectivity index (χ1) is 13.1. The summed E-state index contributed by atoms with van der Waals surface area (Å²) < 4.78 is 4.96. The summed E-state index contributed by atoms with van der Waals surface area (Å²) >= 11 is 0. The van der Waals surface area contributed by atoms with Crippen molar-refractivity contribution in [3.05, 3.63) is 36.5 Å². The summed E-state index contributed by atoms with van der Waals surface area (Å²) in [4.78, 5) is 31.3. The van der Waals surface area contributed by atoms with Crippen LogP contribution in [0.3, 0.4) is 0 Å². The van der Waals surface area contributed by atoms with Crippen LogP contribution in [-0.4, -0.2) is 54.7 Å². The number of nitrogens with one attached hydrogen (secondary N) is 2. The van der Waals surface area contributed by atoms with Crippen LogP contribution < -0.4 is 10.6 Å². The van der Waals surface area contributed by atoms with E-state index >= 15 is 0 Å². The van der Waals surface area contributed by atoms with E-state index in [1.54, 1.807) is 18.2 Å². The van der Waals surface area contributed by atoms with E-state index in [0.717, 1.165) is 23.7 Å². The molecule has 27 heavy (non-hydrogen) atoms. The quantitative estimate of drug-likeness (QED) is 0.793. The Morgan fingerprint density at radius 2 is 2.07 bits per heavy atom. The van der Waals surface area contributed by atoms with E-state index in [4.69, 9.17) is 4.74 Å². The van der Waals surface area contributed by atoms with Gasteiger partial charge in [0.05, 0.1) is 23.7 Å². The molecule has 0 radical (unpaired) electrons. The Kier molecular flexibility index (Phi) is 6.24. The Bertz CT molecular complexity index is 805. The molecule has 1 aliphatic heterocycles. The third-order valence-electron chi connectivity index (χ3n) is 4.99. The third kappa shape index (κ3) is 4.54. The molecule has 1 aromatic heterocycles. The number of pyridine rings is 1. The van der Waals surface area contributed by atoms with Gasteiger partial charge in [0.2, 0.25) is 5.91 Å². The van der Waals surface area contributed by atoms with Crippen molar-refractivity contribution in [2.75, 3.05) is 32.1 Å². The molecule has 0 aliphatic carbocycles. The number of anilines is 1. The second-order valence-electron chi connectivity index (χ2n) is 6.87. The van der Waals surface area contributed by atoms with Gasteiger partial charge in [-0.3, -0.25) is 9.78 Å². The van der Waals surface area contributed by atoms with Gasteiger partial charge in [-0.1, -0.05) is 18.2 Å². The Hall–Kier alpha value is -2.67. The van der Waals surface area contributed by atoms with E-state index in [-0.39, 0.29) is 23.9 Å². The van der Waals surface area contributed by atoms with E-state index in [1.807, 2.05) is 37.3 Å². The number of hydrogen-bond donors (Lipinski definition) is 2. The van der Waals surface area contributed by atoms with Gasteiger partial charge in [-0.25, -0.2) is 4.79 Å². The molecule has 7 heteroatoms. The zero-order chi connectivity index (χ0) is 19.2. The number of likely N-dealkylation sites (tertiary alicyclic amines) is 1. The van der Waals surface area contributed by atoms with E-state index < -0.39 is 0 Å². The van der Waals surface area contributed by atoms with Crippen molar-refractivity contribution in [3.63, 3.8) is 0 Å². The molecule has 0 bridgehead atoms. The summed E-state index contributed by atoms with van der Waals surface area (Å²) in [6.07, 6.45) is 3.28. The van der Waals surface area contributed by atoms with Crippen LogP contribution in [0, 0.1) is 5.92 Å². The number of nitrogens with zero attached hydrogens (tertiary/aromatic N) is 2. The highest BCUT2D eigenvalue weighted by molar-refractivity contribution is 5.99. The van der Waals surface area contributed by atoms with Crippen LogP contribution in [-0.2, 0) is 9.53 Å². The number of urea groups is 1. The molecule has 3 amide bonds. The SMILES string of the molecule is COCCNC(=O)[C@@H]1CC[C@@H](C)N(C(=O)Nc2cccc3cccnc23)C1. The van der Waals surface area contributed by atoms with Gasteiger partial charge < -0.3 is 20.3 Å². The molecule has 7 nitrogen and oxygen atoms in total. The van der Waals surface area contributed by atoms with Crippen molar-refractivity contribution in [1.29, 1.82) is 0 Å². The first-order valence-corrected chi connectivity index (χ1v) is 9.28. The van der Waals surface area contributed by atoms with Crippen LogP contribution in [0.2, 0.25) is 0 Å². The Morgan fingerprint density at radius 1 is 1.26 bits per heavy atom. The minimum atomic E-state index is -0.200. The van der Waals surface area contributed by atoms with Crippen molar-refractivity contribution < 1.29 is 14.3 Å². The molecular weight excluding hydrogens is 344 g/mol. The molecular formula is C20H26N4O3. The zero-order valence-electron chi connectivity index (χ0n) is 15.8. The van der Waals surface area contributed by atoms with Crippen LogP contribution in [0.1, 0.15) is 19.8 Å². The number of aromatic nitrogens is 1. The van der Waals surface area contributed by atoms with Crippen LogP contribution in [0.5, 0.6) is 0 Å². The van der Waals surface area contributed by atoms with Gasteiger partial charge in [0.1, 0.15) is 0 Å². The van der Waals surface area contributed by atoms with Gasteiger partial charge >= 0.3 is 6.03 Å². The largest absolute Gasteiger partial charge is 0.383 e. The monoisotopic (exact) mass is 370 g/mol. The Morgan fingerprint density at radius 3 is 2.89 bits per heavy atom. The maximum atomic E-state index is 12.9. The van der Waals surface area contributed by atoms with Crippen LogP contribution in [0.25, 0.3) is 10.9 Å². The maximum absolute atomic E-state index is 12.9. The summed E-state index contributed by atoms with van der Waals surface area (Å²) in [5.41, 5.74) is 1.43. The lowest BCUT2D eigenvalue weighted by molar-refractivity contribution is -0.126. The number of benzene rings is 1. The van der Waals surface area contributed by atoms with Crippen LogP contribution >= 0.6 is 0 Å². The lowest BCUT2D eigenvalue weighted by Crippen LogP contribution is -2.51. The number of rotatable bonds is 5. The van der Waals surface area contributed by atoms with Gasteiger partial charge in [0, 0.05) is 37.8 Å². The number of methoxy groups -OCH3 is 1. The number of carbonyl (C=O) groups is 2. The topological polar surface area (TPSA) is 83.6 Å². The molecule has 2 aromatic rings. The molecule has 2 N–H and O–H groups in total. The number of fused-ring (bicyclic) bond motifs is 1. The first kappa shape index (κ1) is 19.1. The summed E-state index contributed by atoms with van der Waals surface area (Å²) in [6.45, 7) is 3.38. The molecule has 1 saturated heterocycles. The number of piperidine rings is 1. The van der Waals surface area contributed by atoms with Crippen LogP contribution in [0.4, 0.5) is 10.5 Å². The number of hydrogen-bond acceptors (Lipinski definition) is 4. The van der Waals surface area contributed by atoms with Gasteiger partial charge in [-0.05, 0) is 31.9 Å². The highest BCUT2D eigenvalue weighted by Gasteiger charge is 2.32. The maximum Gasteiger partial charge on any atom is 0.322 e. The first-order valence-electron chi connectivity index (χ1n) is 9.28. The summed E-state index contributed by atoms with van der Waals surface area (Å²) in [5, 5.41) is 6.81. The fourth-order valence-electron chi connectivity index (χ4n) is 3.42. The number of carbonyl (C=O) groups excluding carboxylic acids is 2. The van der Waals surface area contributed by atoms with E-state index in [1.165, 1.54) is 0 Å². The number of ether oxygens (including phenoxy) is 1. The van der Waals surface area contributed by atoms with Crippen molar-refractivity contribution in [1.82, 2.24) is 15.2 Å². The third-order valence-corrected chi connectivity index (χ3v) is 4.99. The zero-order valence-corrected chi connectivity index (χ0v) is 15.8. The summed E-state index contributed by atoms with van der Waals surface area (Å²) in [6, 6.07) is 9.41. The normalized spacial score (nSPS) is 19.7. The highest BCUT2D eigenvalue weighted by atomic mass is 16.5. The number of para-hydroxylation sites is 1. The predicted molar refractivity (Wildman–Crippen MR) is 105 cm³/mol. The molecule has 2 atom stereocenters. The molecule has 1 aliphatic rings. The summed E-state index contributed by atoms with van der Waals surface area (Å²) in [7, 11) is 1.60. The molecule has 1 aromatic carbocycles. The smallest absolute Gasteiger partial charge is 0.322 e. The van der Waals surface area contributed by atoms with Crippen molar-refractivity contribution in [2.24, 2.45) is 5.92 Å². The van der Waals surface area contributed by atoms with E-state index in [0.29, 0.717) is 25.4 Å². The van der Waals surface area contributed by atoms with Gasteiger partial charge in [-0.15, -0.1) is 0 Å². The predicted octanol–water partition coefficient (Wildman–Crippen LogP) is 2.63. The summed E-state index contributed by atoms with van der Waals surface area (Å²) in [5.74, 6) is -0.224. The van der Waals surface area contributed by atoms with Gasteiger partial charge in [0.25, 0.3) is 0 Å². The lowest BCUT2D eigenvalue weighted by Gasteiger charge is -2.37. The molecule has 0 saturated carbocycles. The van der Waals surface area contributed by atoms with Crippen molar-refractivity contribution in [2.45, 2.75) is 25.8 Å². The fraction of sp³-hybridized carbons (Fsp3) is 0.450.